The molecule has 29 heavy (non-hydrogen) atoms. The lowest BCUT2D eigenvalue weighted by atomic mass is 10.2. The van der Waals surface area contributed by atoms with Crippen LogP contribution in [0.5, 0.6) is 11.5 Å². The smallest absolute Gasteiger partial charge is 0.279 e. The van der Waals surface area contributed by atoms with Crippen LogP contribution >= 0.6 is 23.1 Å². The number of rotatable bonds is 7. The Morgan fingerprint density at radius 1 is 1.21 bits per heavy atom. The molecule has 0 spiro atoms. The van der Waals surface area contributed by atoms with E-state index in [-0.39, 0.29) is 5.91 Å². The van der Waals surface area contributed by atoms with Crippen molar-refractivity contribution < 1.29 is 14.3 Å². The number of hydrogen-bond donors (Lipinski definition) is 0. The van der Waals surface area contributed by atoms with Crippen molar-refractivity contribution in [2.24, 2.45) is 4.99 Å². The Bertz CT molecular complexity index is 1100. The number of nitrogens with zero attached hydrogens (tertiary/aromatic N) is 2. The minimum Gasteiger partial charge on any atom is -0.493 e. The van der Waals surface area contributed by atoms with E-state index in [9.17, 15) is 4.79 Å². The van der Waals surface area contributed by atoms with Gasteiger partial charge in [-0.25, -0.2) is 0 Å². The number of ether oxygens (including phenoxy) is 2. The van der Waals surface area contributed by atoms with Crippen LogP contribution in [0.4, 0.5) is 0 Å². The van der Waals surface area contributed by atoms with Crippen LogP contribution in [-0.2, 0) is 6.54 Å². The molecule has 0 unspecified atom stereocenters. The van der Waals surface area contributed by atoms with E-state index in [1.807, 2.05) is 41.0 Å². The number of benzene rings is 2. The van der Waals surface area contributed by atoms with E-state index in [0.29, 0.717) is 33.7 Å². The van der Waals surface area contributed by atoms with Gasteiger partial charge < -0.3 is 14.0 Å². The minimum atomic E-state index is -0.269. The number of carbonyl (C=O) groups is 1. The first-order valence-electron chi connectivity index (χ1n) is 9.18. The van der Waals surface area contributed by atoms with Gasteiger partial charge in [0, 0.05) is 34.4 Å². The van der Waals surface area contributed by atoms with Gasteiger partial charge in [0.05, 0.1) is 24.4 Å². The maximum atomic E-state index is 12.8. The fourth-order valence-electron chi connectivity index (χ4n) is 2.89. The molecule has 0 saturated carbocycles. The summed E-state index contributed by atoms with van der Waals surface area (Å²) in [6.07, 6.45) is 1.78. The molecule has 0 bridgehead atoms. The summed E-state index contributed by atoms with van der Waals surface area (Å²) in [6.45, 7) is 8.65. The van der Waals surface area contributed by atoms with Crippen LogP contribution in [0.1, 0.15) is 24.2 Å². The van der Waals surface area contributed by atoms with Gasteiger partial charge in [-0.2, -0.15) is 4.99 Å². The maximum Gasteiger partial charge on any atom is 0.279 e. The maximum absolute atomic E-state index is 12.8. The van der Waals surface area contributed by atoms with Gasteiger partial charge in [-0.1, -0.05) is 31.3 Å². The third-order valence-electron chi connectivity index (χ3n) is 4.17. The van der Waals surface area contributed by atoms with Crippen LogP contribution in [-0.4, -0.2) is 29.9 Å². The standard InChI is InChI=1S/C22H24N2O3S2/c1-6-11-24-17-12-18(26-4)19(27-5)13-20(17)29-22(24)23-21(25)15-7-9-16(10-8-15)28-14(2)3/h6-10,12-14H,1,11H2,2-5H3. The number of aromatic nitrogens is 1. The first kappa shape index (κ1) is 21.2. The number of allylic oxidation sites excluding steroid dienone is 1. The Hall–Kier alpha value is -2.51. The van der Waals surface area contributed by atoms with Gasteiger partial charge in [-0.05, 0) is 24.3 Å². The molecule has 7 heteroatoms. The zero-order chi connectivity index (χ0) is 21.0. The molecule has 2 aromatic carbocycles. The van der Waals surface area contributed by atoms with Gasteiger partial charge in [-0.3, -0.25) is 4.79 Å². The van der Waals surface area contributed by atoms with Gasteiger partial charge in [0.2, 0.25) is 0 Å². The summed E-state index contributed by atoms with van der Waals surface area (Å²) in [7, 11) is 3.20. The Labute approximate surface area is 178 Å². The van der Waals surface area contributed by atoms with Crippen LogP contribution in [0.25, 0.3) is 10.2 Å². The van der Waals surface area contributed by atoms with E-state index in [0.717, 1.165) is 15.1 Å². The summed E-state index contributed by atoms with van der Waals surface area (Å²) in [5.41, 5.74) is 1.48. The molecule has 1 heterocycles. The van der Waals surface area contributed by atoms with Crippen molar-refractivity contribution in [1.82, 2.24) is 4.57 Å². The summed E-state index contributed by atoms with van der Waals surface area (Å²) in [4.78, 5) is 18.9. The number of thiazole rings is 1. The van der Waals surface area contributed by atoms with Crippen molar-refractivity contribution in [3.63, 3.8) is 0 Å². The monoisotopic (exact) mass is 428 g/mol. The molecular weight excluding hydrogens is 404 g/mol. The second kappa shape index (κ2) is 9.33. The van der Waals surface area contributed by atoms with Gasteiger partial charge in [-0.15, -0.1) is 18.3 Å². The predicted octanol–water partition coefficient (Wildman–Crippen LogP) is 5.15. The molecule has 5 nitrogen and oxygen atoms in total. The average molecular weight is 429 g/mol. The summed E-state index contributed by atoms with van der Waals surface area (Å²) >= 11 is 3.20. The molecule has 0 radical (unpaired) electrons. The fourth-order valence-corrected chi connectivity index (χ4v) is 4.77. The Morgan fingerprint density at radius 2 is 1.86 bits per heavy atom. The van der Waals surface area contributed by atoms with Crippen molar-refractivity contribution >= 4 is 39.2 Å². The number of hydrogen-bond acceptors (Lipinski definition) is 5. The number of fused-ring (bicyclic) bond motifs is 1. The van der Waals surface area contributed by atoms with E-state index in [1.54, 1.807) is 32.1 Å². The van der Waals surface area contributed by atoms with E-state index in [2.05, 4.69) is 25.4 Å². The van der Waals surface area contributed by atoms with Crippen LogP contribution in [0.15, 0.2) is 58.9 Å². The van der Waals surface area contributed by atoms with Crippen LogP contribution in [0, 0.1) is 0 Å². The first-order valence-corrected chi connectivity index (χ1v) is 10.9. The topological polar surface area (TPSA) is 52.8 Å². The normalized spacial score (nSPS) is 11.8. The second-order valence-electron chi connectivity index (χ2n) is 6.57. The number of amides is 1. The second-order valence-corrected chi connectivity index (χ2v) is 9.23. The van der Waals surface area contributed by atoms with Gasteiger partial charge in [0.1, 0.15) is 0 Å². The molecule has 0 saturated heterocycles. The first-order chi connectivity index (χ1) is 14.0. The molecule has 0 aliphatic rings. The highest BCUT2D eigenvalue weighted by Crippen LogP contribution is 2.33. The largest absolute Gasteiger partial charge is 0.493 e. The summed E-state index contributed by atoms with van der Waals surface area (Å²) < 4.78 is 13.7. The molecule has 1 aromatic heterocycles. The van der Waals surface area contributed by atoms with Crippen LogP contribution in [0.3, 0.4) is 0 Å². The summed E-state index contributed by atoms with van der Waals surface area (Å²) in [6, 6.07) is 11.4. The fraction of sp³-hybridized carbons (Fsp3) is 0.273. The van der Waals surface area contributed by atoms with E-state index in [4.69, 9.17) is 9.47 Å². The molecule has 1 amide bonds. The molecule has 0 N–H and O–H groups in total. The van der Waals surface area contributed by atoms with Gasteiger partial charge in [0.25, 0.3) is 5.91 Å². The molecule has 0 fully saturated rings. The highest BCUT2D eigenvalue weighted by Gasteiger charge is 2.13. The third-order valence-corrected chi connectivity index (χ3v) is 6.23. The summed E-state index contributed by atoms with van der Waals surface area (Å²) in [5.74, 6) is 1.00. The third kappa shape index (κ3) is 4.74. The number of methoxy groups -OCH3 is 2. The van der Waals surface area contributed by atoms with E-state index in [1.165, 1.54) is 11.3 Å². The van der Waals surface area contributed by atoms with Crippen molar-refractivity contribution in [3.8, 4) is 11.5 Å². The molecule has 0 aliphatic heterocycles. The molecule has 152 valence electrons. The Morgan fingerprint density at radius 3 is 2.45 bits per heavy atom. The highest BCUT2D eigenvalue weighted by molar-refractivity contribution is 7.99. The van der Waals surface area contributed by atoms with Crippen molar-refractivity contribution in [3.05, 3.63) is 59.4 Å². The zero-order valence-electron chi connectivity index (χ0n) is 17.0. The minimum absolute atomic E-state index is 0.269. The van der Waals surface area contributed by atoms with Gasteiger partial charge >= 0.3 is 0 Å². The lowest BCUT2D eigenvalue weighted by Gasteiger charge is -2.08. The molecule has 0 atom stereocenters. The summed E-state index contributed by atoms with van der Waals surface area (Å²) in [5, 5.41) is 0.492. The van der Waals surface area contributed by atoms with Crippen LogP contribution < -0.4 is 14.3 Å². The molecule has 3 aromatic rings. The number of thioether (sulfide) groups is 1. The van der Waals surface area contributed by atoms with E-state index < -0.39 is 0 Å². The molecular formula is C22H24N2O3S2. The molecule has 3 rings (SSSR count). The zero-order valence-corrected chi connectivity index (χ0v) is 18.6. The Balaban J connectivity index is 2.05. The molecule has 0 aliphatic carbocycles. The lowest BCUT2D eigenvalue weighted by Crippen LogP contribution is -2.16. The van der Waals surface area contributed by atoms with Crippen molar-refractivity contribution in [2.45, 2.75) is 30.5 Å². The number of carbonyl (C=O) groups excluding carboxylic acids is 1. The quantitative estimate of drug-likeness (QED) is 0.386. The predicted molar refractivity (Wildman–Crippen MR) is 120 cm³/mol. The highest BCUT2D eigenvalue weighted by atomic mass is 32.2. The van der Waals surface area contributed by atoms with Crippen molar-refractivity contribution in [2.75, 3.05) is 14.2 Å². The SMILES string of the molecule is C=CCn1c(=NC(=O)c2ccc(SC(C)C)cc2)sc2cc(OC)c(OC)cc21. The average Bonchev–Trinajstić information content (AvgIpc) is 3.03. The Kier molecular flexibility index (Phi) is 6.82. The van der Waals surface area contributed by atoms with Crippen LogP contribution in [0.2, 0.25) is 0 Å². The van der Waals surface area contributed by atoms with Crippen molar-refractivity contribution in [1.29, 1.82) is 0 Å². The van der Waals surface area contributed by atoms with Gasteiger partial charge in [0.15, 0.2) is 16.3 Å². The van der Waals surface area contributed by atoms with E-state index >= 15 is 0 Å². The lowest BCUT2D eigenvalue weighted by molar-refractivity contribution is 0.0998.